The number of unbranched alkanes of at least 4 members (excludes halogenated alkanes) is 1. The second kappa shape index (κ2) is 10.1. The van der Waals surface area contributed by atoms with E-state index in [9.17, 15) is 0 Å². The third-order valence-electron chi connectivity index (χ3n) is 6.15. The Bertz CT molecular complexity index is 577. The smallest absolute Gasteiger partial charge is 0.192 e. The summed E-state index contributed by atoms with van der Waals surface area (Å²) in [4.78, 5) is 0. The summed E-state index contributed by atoms with van der Waals surface area (Å²) in [6.45, 7) is 14.6. The Morgan fingerprint density at radius 2 is 1.57 bits per heavy atom. The number of nitrogens with one attached hydrogen (secondary N) is 1. The Balaban J connectivity index is 1.49. The predicted molar refractivity (Wildman–Crippen MR) is 120 cm³/mol. The highest BCUT2D eigenvalue weighted by Crippen LogP contribution is 2.50. The summed E-state index contributed by atoms with van der Waals surface area (Å²) in [6, 6.07) is 7.75. The molecule has 0 aromatic heterocycles. The standard InChI is InChI=1S/C23H41NO3Si/c1-22(2,3)28(5,6)27-23(15-16-23)14-7-8-17-24-18-9-19-26-21-12-10-20(25-4)11-13-21/h10-13,24H,7-9,14-19H2,1-6H3. The van der Waals surface area contributed by atoms with Crippen LogP contribution in [0.2, 0.25) is 18.1 Å². The van der Waals surface area contributed by atoms with Crippen LogP contribution in [0.1, 0.15) is 59.3 Å². The summed E-state index contributed by atoms with van der Waals surface area (Å²) in [5, 5.41) is 3.84. The molecule has 28 heavy (non-hydrogen) atoms. The summed E-state index contributed by atoms with van der Waals surface area (Å²) in [5.74, 6) is 1.76. The van der Waals surface area contributed by atoms with Gasteiger partial charge in [0.2, 0.25) is 0 Å². The monoisotopic (exact) mass is 407 g/mol. The number of methoxy groups -OCH3 is 1. The van der Waals surface area contributed by atoms with E-state index in [1.807, 2.05) is 24.3 Å². The van der Waals surface area contributed by atoms with Crippen LogP contribution in [0, 0.1) is 0 Å². The van der Waals surface area contributed by atoms with Gasteiger partial charge in [0.1, 0.15) is 11.5 Å². The van der Waals surface area contributed by atoms with Gasteiger partial charge < -0.3 is 19.2 Å². The first kappa shape index (κ1) is 23.2. The fraction of sp³-hybridized carbons (Fsp3) is 0.739. The highest BCUT2D eigenvalue weighted by molar-refractivity contribution is 6.74. The Hall–Kier alpha value is -1.04. The van der Waals surface area contributed by atoms with Crippen LogP contribution in [0.5, 0.6) is 11.5 Å². The van der Waals surface area contributed by atoms with E-state index in [1.54, 1.807) is 7.11 Å². The van der Waals surface area contributed by atoms with Gasteiger partial charge in [-0.2, -0.15) is 0 Å². The molecule has 0 bridgehead atoms. The molecule has 0 spiro atoms. The van der Waals surface area contributed by atoms with Gasteiger partial charge in [-0.15, -0.1) is 0 Å². The third-order valence-corrected chi connectivity index (χ3v) is 10.7. The topological polar surface area (TPSA) is 39.7 Å². The SMILES string of the molecule is COc1ccc(OCCCNCCCCC2(O[Si](C)(C)C(C)(C)C)CC2)cc1. The van der Waals surface area contributed by atoms with Gasteiger partial charge in [-0.1, -0.05) is 20.8 Å². The molecule has 0 unspecified atom stereocenters. The van der Waals surface area contributed by atoms with Crippen LogP contribution in [0.4, 0.5) is 0 Å². The van der Waals surface area contributed by atoms with Gasteiger partial charge >= 0.3 is 0 Å². The fourth-order valence-corrected chi connectivity index (χ4v) is 4.81. The van der Waals surface area contributed by atoms with Crippen molar-refractivity contribution in [3.05, 3.63) is 24.3 Å². The molecule has 0 amide bonds. The summed E-state index contributed by atoms with van der Waals surface area (Å²) in [5.41, 5.74) is 0.217. The third kappa shape index (κ3) is 7.41. The quantitative estimate of drug-likeness (QED) is 0.332. The number of ether oxygens (including phenoxy) is 2. The van der Waals surface area contributed by atoms with Gasteiger partial charge in [-0.25, -0.2) is 0 Å². The van der Waals surface area contributed by atoms with Gasteiger partial charge in [0.15, 0.2) is 8.32 Å². The molecule has 0 atom stereocenters. The Morgan fingerprint density at radius 1 is 0.964 bits per heavy atom. The van der Waals surface area contributed by atoms with Crippen LogP contribution >= 0.6 is 0 Å². The molecule has 1 aromatic rings. The molecule has 1 fully saturated rings. The summed E-state index contributed by atoms with van der Waals surface area (Å²) in [6.07, 6.45) is 7.24. The maximum atomic E-state index is 6.71. The first-order chi connectivity index (χ1) is 13.2. The van der Waals surface area contributed by atoms with E-state index >= 15 is 0 Å². The summed E-state index contributed by atoms with van der Waals surface area (Å²) in [7, 11) is 0.0359. The average molecular weight is 408 g/mol. The lowest BCUT2D eigenvalue weighted by molar-refractivity contribution is 0.144. The van der Waals surface area contributed by atoms with E-state index in [1.165, 1.54) is 32.1 Å². The van der Waals surface area contributed by atoms with Crippen molar-refractivity contribution in [1.29, 1.82) is 0 Å². The predicted octanol–water partition coefficient (Wildman–Crippen LogP) is 5.78. The van der Waals surface area contributed by atoms with Gasteiger partial charge in [0.25, 0.3) is 0 Å². The van der Waals surface area contributed by atoms with E-state index in [0.29, 0.717) is 5.04 Å². The minimum atomic E-state index is -1.64. The minimum absolute atomic E-state index is 0.217. The lowest BCUT2D eigenvalue weighted by atomic mass is 10.1. The van der Waals surface area contributed by atoms with E-state index in [2.05, 4.69) is 39.2 Å². The minimum Gasteiger partial charge on any atom is -0.497 e. The highest BCUT2D eigenvalue weighted by Gasteiger charge is 2.50. The fourth-order valence-electron chi connectivity index (χ4n) is 3.12. The van der Waals surface area contributed by atoms with Crippen LogP contribution in [-0.2, 0) is 4.43 Å². The lowest BCUT2D eigenvalue weighted by Crippen LogP contribution is -2.44. The maximum absolute atomic E-state index is 6.71. The first-order valence-corrected chi connectivity index (χ1v) is 13.8. The molecular weight excluding hydrogens is 366 g/mol. The van der Waals surface area contributed by atoms with Crippen LogP contribution in [0.3, 0.4) is 0 Å². The average Bonchev–Trinajstić information content (AvgIpc) is 3.38. The normalized spacial score (nSPS) is 16.1. The maximum Gasteiger partial charge on any atom is 0.192 e. The van der Waals surface area contributed by atoms with Crippen LogP contribution < -0.4 is 14.8 Å². The van der Waals surface area contributed by atoms with Crippen molar-refractivity contribution in [1.82, 2.24) is 5.32 Å². The molecule has 1 aromatic carbocycles. The second-order valence-corrected chi connectivity index (χ2v) is 14.4. The van der Waals surface area contributed by atoms with Crippen LogP contribution in [0.15, 0.2) is 24.3 Å². The molecule has 5 heteroatoms. The molecule has 2 rings (SSSR count). The molecule has 0 heterocycles. The molecule has 4 nitrogen and oxygen atoms in total. The van der Waals surface area contributed by atoms with Gasteiger partial charge in [-0.05, 0) is 94.0 Å². The summed E-state index contributed by atoms with van der Waals surface area (Å²) >= 11 is 0. The van der Waals surface area contributed by atoms with Gasteiger partial charge in [-0.3, -0.25) is 0 Å². The van der Waals surface area contributed by atoms with E-state index < -0.39 is 8.32 Å². The molecule has 0 saturated heterocycles. The molecular formula is C23H41NO3Si. The molecule has 1 aliphatic carbocycles. The first-order valence-electron chi connectivity index (χ1n) is 10.9. The molecule has 160 valence electrons. The molecule has 1 N–H and O–H groups in total. The number of hydrogen-bond donors (Lipinski definition) is 1. The van der Waals surface area contributed by atoms with Crippen molar-refractivity contribution in [2.75, 3.05) is 26.8 Å². The van der Waals surface area contributed by atoms with Crippen molar-refractivity contribution >= 4 is 8.32 Å². The highest BCUT2D eigenvalue weighted by atomic mass is 28.4. The lowest BCUT2D eigenvalue weighted by Gasteiger charge is -2.39. The van der Waals surface area contributed by atoms with Gasteiger partial charge in [0.05, 0.1) is 19.3 Å². The van der Waals surface area contributed by atoms with Crippen molar-refractivity contribution in [2.24, 2.45) is 0 Å². The molecule has 1 saturated carbocycles. The van der Waals surface area contributed by atoms with Crippen molar-refractivity contribution in [2.45, 2.75) is 83.0 Å². The summed E-state index contributed by atoms with van der Waals surface area (Å²) < 4.78 is 17.6. The zero-order chi connectivity index (χ0) is 20.7. The van der Waals surface area contributed by atoms with Gasteiger partial charge in [0, 0.05) is 0 Å². The Kier molecular flexibility index (Phi) is 8.40. The molecule has 0 radical (unpaired) electrons. The van der Waals surface area contributed by atoms with Crippen LogP contribution in [-0.4, -0.2) is 40.7 Å². The largest absolute Gasteiger partial charge is 0.497 e. The van der Waals surface area contributed by atoms with E-state index in [4.69, 9.17) is 13.9 Å². The van der Waals surface area contributed by atoms with Crippen molar-refractivity contribution in [3.8, 4) is 11.5 Å². The van der Waals surface area contributed by atoms with Crippen molar-refractivity contribution < 1.29 is 13.9 Å². The van der Waals surface area contributed by atoms with E-state index in [0.717, 1.165) is 37.6 Å². The number of rotatable bonds is 13. The molecule has 0 aliphatic heterocycles. The molecule has 1 aliphatic rings. The zero-order valence-corrected chi connectivity index (χ0v) is 19.9. The Labute approximate surface area is 173 Å². The number of benzene rings is 1. The van der Waals surface area contributed by atoms with E-state index in [-0.39, 0.29) is 5.60 Å². The Morgan fingerprint density at radius 3 is 2.14 bits per heavy atom. The van der Waals surface area contributed by atoms with Crippen molar-refractivity contribution in [3.63, 3.8) is 0 Å². The number of hydrogen-bond acceptors (Lipinski definition) is 4. The second-order valence-electron chi connectivity index (χ2n) is 9.63. The van der Waals surface area contributed by atoms with Crippen LogP contribution in [0.25, 0.3) is 0 Å². The zero-order valence-electron chi connectivity index (χ0n) is 18.9.